The molecule has 0 saturated carbocycles. The Balaban J connectivity index is 1.08. The van der Waals surface area contributed by atoms with E-state index in [0.29, 0.717) is 17.5 Å². The summed E-state index contributed by atoms with van der Waals surface area (Å²) >= 11 is 0. The lowest BCUT2D eigenvalue weighted by molar-refractivity contribution is 1.07. The van der Waals surface area contributed by atoms with Crippen LogP contribution >= 0.6 is 0 Å². The maximum atomic E-state index is 5.14. The Labute approximate surface area is 319 Å². The Morgan fingerprint density at radius 2 is 0.655 bits per heavy atom. The normalized spacial score (nSPS) is 11.3. The first kappa shape index (κ1) is 32.2. The Morgan fingerprint density at radius 1 is 0.255 bits per heavy atom. The highest BCUT2D eigenvalue weighted by atomic mass is 15.0. The fourth-order valence-corrected chi connectivity index (χ4v) is 7.50. The molecule has 0 saturated heterocycles. The van der Waals surface area contributed by atoms with Crippen LogP contribution in [0, 0.1) is 0 Å². The highest BCUT2D eigenvalue weighted by molar-refractivity contribution is 6.10. The first-order valence-electron chi connectivity index (χ1n) is 18.5. The number of fused-ring (bicyclic) bond motifs is 3. The van der Waals surface area contributed by atoms with E-state index in [-0.39, 0.29) is 0 Å². The minimum absolute atomic E-state index is 0.627. The van der Waals surface area contributed by atoms with Crippen molar-refractivity contribution in [2.24, 2.45) is 0 Å². The van der Waals surface area contributed by atoms with Crippen LogP contribution in [0.4, 0.5) is 0 Å². The van der Waals surface area contributed by atoms with Crippen LogP contribution < -0.4 is 0 Å². The summed E-state index contributed by atoms with van der Waals surface area (Å²) in [5, 5.41) is 2.37. The molecule has 10 aromatic rings. The van der Waals surface area contributed by atoms with Gasteiger partial charge in [0.2, 0.25) is 0 Å². The van der Waals surface area contributed by atoms with Crippen LogP contribution in [0.5, 0.6) is 0 Å². The van der Waals surface area contributed by atoms with E-state index in [2.05, 4.69) is 174 Å². The van der Waals surface area contributed by atoms with E-state index in [9.17, 15) is 0 Å². The van der Waals surface area contributed by atoms with Gasteiger partial charge in [-0.2, -0.15) is 0 Å². The maximum absolute atomic E-state index is 5.14. The molecular weight excluding hydrogens is 669 g/mol. The van der Waals surface area contributed by atoms with Gasteiger partial charge in [-0.3, -0.25) is 0 Å². The van der Waals surface area contributed by atoms with Gasteiger partial charge in [-0.25, -0.2) is 15.0 Å². The number of para-hydroxylation sites is 1. The molecule has 2 aromatic heterocycles. The van der Waals surface area contributed by atoms with Crippen molar-refractivity contribution in [3.05, 3.63) is 206 Å². The molecule has 0 amide bonds. The van der Waals surface area contributed by atoms with Crippen LogP contribution in [-0.4, -0.2) is 19.5 Å². The van der Waals surface area contributed by atoms with Crippen LogP contribution in [0.2, 0.25) is 0 Å². The standard InChI is InChI=1S/C51H34N4/c1-4-13-35(14-5-1)37-23-25-38(26-24-37)39-27-30-44(31-28-39)55-47-22-11-10-21-45(47)46-32-29-43(34-48(46)55)51-53-49(40-17-8-3-9-18-40)52-50(54-51)42-20-12-19-41(33-42)36-15-6-2-7-16-36/h1-34H. The molecule has 0 radical (unpaired) electrons. The number of benzene rings is 8. The summed E-state index contributed by atoms with van der Waals surface area (Å²) in [7, 11) is 0. The zero-order valence-corrected chi connectivity index (χ0v) is 29.9. The van der Waals surface area contributed by atoms with Crippen molar-refractivity contribution in [1.82, 2.24) is 19.5 Å². The third-order valence-electron chi connectivity index (χ3n) is 10.3. The molecule has 258 valence electrons. The quantitative estimate of drug-likeness (QED) is 0.166. The summed E-state index contributed by atoms with van der Waals surface area (Å²) in [6.07, 6.45) is 0. The summed E-state index contributed by atoms with van der Waals surface area (Å²) in [4.78, 5) is 15.2. The van der Waals surface area contributed by atoms with Gasteiger partial charge in [0.05, 0.1) is 11.0 Å². The van der Waals surface area contributed by atoms with Crippen molar-refractivity contribution < 1.29 is 0 Å². The van der Waals surface area contributed by atoms with Gasteiger partial charge in [-0.1, -0.05) is 176 Å². The van der Waals surface area contributed by atoms with E-state index in [4.69, 9.17) is 15.0 Å². The Hall–Kier alpha value is -7.43. The first-order chi connectivity index (χ1) is 27.2. The van der Waals surface area contributed by atoms with Crippen LogP contribution in [0.1, 0.15) is 0 Å². The van der Waals surface area contributed by atoms with Gasteiger partial charge in [0.1, 0.15) is 0 Å². The molecule has 10 rings (SSSR count). The summed E-state index contributed by atoms with van der Waals surface area (Å²) in [5.74, 6) is 1.90. The smallest absolute Gasteiger partial charge is 0.164 e. The minimum atomic E-state index is 0.627. The maximum Gasteiger partial charge on any atom is 0.164 e. The Kier molecular flexibility index (Phi) is 8.12. The molecular formula is C51H34N4. The fourth-order valence-electron chi connectivity index (χ4n) is 7.50. The molecule has 4 heteroatoms. The molecule has 4 nitrogen and oxygen atoms in total. The Bertz CT molecular complexity index is 2930. The third-order valence-corrected chi connectivity index (χ3v) is 10.3. The topological polar surface area (TPSA) is 43.6 Å². The molecule has 0 spiro atoms. The molecule has 2 heterocycles. The second kappa shape index (κ2) is 13.8. The average Bonchev–Trinajstić information content (AvgIpc) is 3.61. The minimum Gasteiger partial charge on any atom is -0.309 e. The van der Waals surface area contributed by atoms with Crippen LogP contribution in [0.25, 0.3) is 95.0 Å². The monoisotopic (exact) mass is 702 g/mol. The van der Waals surface area contributed by atoms with Gasteiger partial charge in [0, 0.05) is 33.2 Å². The molecule has 0 fully saturated rings. The lowest BCUT2D eigenvalue weighted by Crippen LogP contribution is -2.00. The van der Waals surface area contributed by atoms with Gasteiger partial charge in [0.15, 0.2) is 17.5 Å². The third kappa shape index (κ3) is 6.16. The summed E-state index contributed by atoms with van der Waals surface area (Å²) in [5.41, 5.74) is 13.2. The van der Waals surface area contributed by atoms with Crippen LogP contribution in [0.3, 0.4) is 0 Å². The van der Waals surface area contributed by atoms with Gasteiger partial charge < -0.3 is 4.57 Å². The molecule has 0 atom stereocenters. The molecule has 55 heavy (non-hydrogen) atoms. The largest absolute Gasteiger partial charge is 0.309 e. The number of rotatable bonds is 7. The second-order valence-corrected chi connectivity index (χ2v) is 13.7. The molecule has 0 unspecified atom stereocenters. The zero-order chi connectivity index (χ0) is 36.6. The van der Waals surface area contributed by atoms with Crippen molar-refractivity contribution in [3.63, 3.8) is 0 Å². The van der Waals surface area contributed by atoms with E-state index in [1.54, 1.807) is 0 Å². The molecule has 0 bridgehead atoms. The van der Waals surface area contributed by atoms with Gasteiger partial charge in [-0.05, 0) is 63.7 Å². The van der Waals surface area contributed by atoms with Gasteiger partial charge in [-0.15, -0.1) is 0 Å². The molecule has 0 aliphatic heterocycles. The van der Waals surface area contributed by atoms with E-state index >= 15 is 0 Å². The van der Waals surface area contributed by atoms with Crippen molar-refractivity contribution in [3.8, 4) is 73.2 Å². The highest BCUT2D eigenvalue weighted by Gasteiger charge is 2.17. The predicted molar refractivity (Wildman–Crippen MR) is 227 cm³/mol. The Morgan fingerprint density at radius 3 is 1.27 bits per heavy atom. The molecule has 0 aliphatic rings. The van der Waals surface area contributed by atoms with E-state index in [1.807, 2.05) is 36.4 Å². The van der Waals surface area contributed by atoms with Crippen molar-refractivity contribution in [2.75, 3.05) is 0 Å². The van der Waals surface area contributed by atoms with Crippen molar-refractivity contribution in [2.45, 2.75) is 0 Å². The number of hydrogen-bond donors (Lipinski definition) is 0. The van der Waals surface area contributed by atoms with Crippen LogP contribution in [0.15, 0.2) is 206 Å². The van der Waals surface area contributed by atoms with Crippen LogP contribution in [-0.2, 0) is 0 Å². The van der Waals surface area contributed by atoms with Gasteiger partial charge in [0.25, 0.3) is 0 Å². The van der Waals surface area contributed by atoms with E-state index in [0.717, 1.165) is 44.5 Å². The number of nitrogens with zero attached hydrogens (tertiary/aromatic N) is 4. The van der Waals surface area contributed by atoms with Crippen molar-refractivity contribution >= 4 is 21.8 Å². The summed E-state index contributed by atoms with van der Waals surface area (Å²) < 4.78 is 2.35. The van der Waals surface area contributed by atoms with Crippen molar-refractivity contribution in [1.29, 1.82) is 0 Å². The van der Waals surface area contributed by atoms with Gasteiger partial charge >= 0.3 is 0 Å². The highest BCUT2D eigenvalue weighted by Crippen LogP contribution is 2.36. The SMILES string of the molecule is c1ccc(-c2ccc(-c3ccc(-n4c5ccccc5c5ccc(-c6nc(-c7ccccc7)nc(-c7cccc(-c8ccccc8)c7)n6)cc54)cc3)cc2)cc1. The second-order valence-electron chi connectivity index (χ2n) is 13.7. The van der Waals surface area contributed by atoms with E-state index < -0.39 is 0 Å². The molecule has 8 aromatic carbocycles. The fraction of sp³-hybridized carbons (Fsp3) is 0. The number of aromatic nitrogens is 4. The zero-order valence-electron chi connectivity index (χ0n) is 29.9. The predicted octanol–water partition coefficient (Wildman–Crippen LogP) is 13.0. The summed E-state index contributed by atoms with van der Waals surface area (Å²) in [6.45, 7) is 0. The average molecular weight is 703 g/mol. The first-order valence-corrected chi connectivity index (χ1v) is 18.5. The summed E-state index contributed by atoms with van der Waals surface area (Å²) in [6, 6.07) is 72.3. The molecule has 0 aliphatic carbocycles. The molecule has 0 N–H and O–H groups in total. The number of hydrogen-bond acceptors (Lipinski definition) is 3. The van der Waals surface area contributed by atoms with E-state index in [1.165, 1.54) is 33.0 Å². The lowest BCUT2D eigenvalue weighted by Gasteiger charge is -2.12. The lowest BCUT2D eigenvalue weighted by atomic mass is 10.0.